The molecule has 9 heteroatoms. The maximum atomic E-state index is 10.4. The number of pyridine rings is 1. The molecule has 0 fully saturated rings. The normalized spacial score (nSPS) is 11.9. The van der Waals surface area contributed by atoms with Gasteiger partial charge >= 0.3 is 5.43 Å². The number of aromatic nitrogens is 1. The Morgan fingerprint density at radius 2 is 2.39 bits per heavy atom. The predicted molar refractivity (Wildman–Crippen MR) is 71.0 cm³/mol. The van der Waals surface area contributed by atoms with Crippen molar-refractivity contribution in [3.05, 3.63) is 28.4 Å². The topological polar surface area (TPSA) is 82.3 Å². The van der Waals surface area contributed by atoms with Gasteiger partial charge in [0.05, 0.1) is 4.92 Å². The number of carbonyl (C=O) groups is 1. The average Bonchev–Trinajstić information content (AvgIpc) is 2.34. The van der Waals surface area contributed by atoms with Crippen LogP contribution in [0.1, 0.15) is 6.92 Å². The highest BCUT2D eigenvalue weighted by atomic mass is 35.5. The monoisotopic (exact) mass is 308 g/mol. The molecule has 98 valence electrons. The van der Waals surface area contributed by atoms with Gasteiger partial charge in [-0.1, -0.05) is 10.8 Å². The highest BCUT2D eigenvalue weighted by Gasteiger charge is 2.09. The smallest absolute Gasteiger partial charge is 0.403 e. The summed E-state index contributed by atoms with van der Waals surface area (Å²) in [6.07, 6.45) is 1.20. The first-order valence-electron chi connectivity index (χ1n) is 4.75. The Bertz CT molecular complexity index is 429. The molecule has 0 saturated carbocycles. The van der Waals surface area contributed by atoms with Gasteiger partial charge in [0.1, 0.15) is 17.8 Å². The third-order valence-corrected chi connectivity index (χ3v) is 4.53. The van der Waals surface area contributed by atoms with Crippen LogP contribution in [-0.2, 0) is 4.74 Å². The van der Waals surface area contributed by atoms with E-state index in [9.17, 15) is 14.9 Å². The Morgan fingerprint density at radius 3 is 2.89 bits per heavy atom. The van der Waals surface area contributed by atoms with Crippen molar-refractivity contribution in [1.29, 1.82) is 0 Å². The number of nitro groups is 1. The average molecular weight is 309 g/mol. The second-order valence-corrected chi connectivity index (χ2v) is 6.12. The second kappa shape index (κ2) is 7.45. The van der Waals surface area contributed by atoms with Crippen LogP contribution in [0.15, 0.2) is 23.4 Å². The number of ether oxygens (including phenoxy) is 1. The van der Waals surface area contributed by atoms with Crippen molar-refractivity contribution in [2.45, 2.75) is 17.2 Å². The van der Waals surface area contributed by atoms with Crippen LogP contribution < -0.4 is 0 Å². The van der Waals surface area contributed by atoms with Crippen molar-refractivity contribution < 1.29 is 14.5 Å². The van der Waals surface area contributed by atoms with Gasteiger partial charge in [0.2, 0.25) is 0 Å². The zero-order chi connectivity index (χ0) is 13.5. The molecule has 0 aromatic carbocycles. The summed E-state index contributed by atoms with van der Waals surface area (Å²) in [7, 11) is 2.78. The van der Waals surface area contributed by atoms with Gasteiger partial charge in [0, 0.05) is 22.9 Å². The Kier molecular flexibility index (Phi) is 6.23. The van der Waals surface area contributed by atoms with Crippen LogP contribution in [0, 0.1) is 10.1 Å². The van der Waals surface area contributed by atoms with Crippen molar-refractivity contribution in [2.24, 2.45) is 0 Å². The van der Waals surface area contributed by atoms with Crippen LogP contribution in [0.3, 0.4) is 0 Å². The number of halogens is 1. The minimum absolute atomic E-state index is 0.0368. The van der Waals surface area contributed by atoms with Gasteiger partial charge in [-0.05, 0) is 23.8 Å². The molecule has 0 spiro atoms. The number of nitrogens with zero attached hydrogens (tertiary/aromatic N) is 2. The Morgan fingerprint density at radius 1 is 1.67 bits per heavy atom. The molecule has 1 heterocycles. The van der Waals surface area contributed by atoms with Gasteiger partial charge in [-0.15, -0.1) is 0 Å². The maximum absolute atomic E-state index is 10.4. The summed E-state index contributed by atoms with van der Waals surface area (Å²) >= 11 is 5.03. The molecule has 1 rings (SSSR count). The first kappa shape index (κ1) is 15.1. The van der Waals surface area contributed by atoms with E-state index in [2.05, 4.69) is 9.72 Å². The summed E-state index contributed by atoms with van der Waals surface area (Å²) in [5, 5.41) is 11.1. The van der Waals surface area contributed by atoms with E-state index < -0.39 is 10.4 Å². The lowest BCUT2D eigenvalue weighted by Crippen LogP contribution is -2.07. The molecule has 0 aliphatic rings. The van der Waals surface area contributed by atoms with Gasteiger partial charge in [0.25, 0.3) is 5.69 Å². The third-order valence-electron chi connectivity index (χ3n) is 1.66. The fourth-order valence-corrected chi connectivity index (χ4v) is 2.79. The second-order valence-electron chi connectivity index (χ2n) is 3.15. The summed E-state index contributed by atoms with van der Waals surface area (Å²) in [6.45, 7) is 2.07. The highest BCUT2D eigenvalue weighted by Crippen LogP contribution is 2.33. The van der Waals surface area contributed by atoms with E-state index >= 15 is 0 Å². The molecule has 1 aromatic heterocycles. The van der Waals surface area contributed by atoms with Crippen molar-refractivity contribution >= 4 is 44.3 Å². The summed E-state index contributed by atoms with van der Waals surface area (Å²) < 4.78 is 4.63. The minimum Gasteiger partial charge on any atom is -0.452 e. The zero-order valence-electron chi connectivity index (χ0n) is 9.24. The van der Waals surface area contributed by atoms with E-state index in [-0.39, 0.29) is 17.5 Å². The quantitative estimate of drug-likeness (QED) is 0.344. The molecule has 0 N–H and O–H groups in total. The molecule has 0 amide bonds. The van der Waals surface area contributed by atoms with E-state index in [4.69, 9.17) is 11.6 Å². The fraction of sp³-hybridized carbons (Fsp3) is 0.333. The molecule has 1 atom stereocenters. The van der Waals surface area contributed by atoms with Crippen LogP contribution in [0.25, 0.3) is 0 Å². The summed E-state index contributed by atoms with van der Waals surface area (Å²) in [5.41, 5.74) is -0.880. The van der Waals surface area contributed by atoms with Gasteiger partial charge in [-0.2, -0.15) is 0 Å². The van der Waals surface area contributed by atoms with E-state index in [1.54, 1.807) is 6.07 Å². The zero-order valence-corrected chi connectivity index (χ0v) is 11.6. The molecule has 0 radical (unpaired) electrons. The molecule has 0 bridgehead atoms. The van der Waals surface area contributed by atoms with E-state index in [1.165, 1.54) is 33.9 Å². The lowest BCUT2D eigenvalue weighted by Gasteiger charge is -2.08. The minimum atomic E-state index is -0.832. The van der Waals surface area contributed by atoms with Gasteiger partial charge in [0.15, 0.2) is 0 Å². The molecule has 1 unspecified atom stereocenters. The van der Waals surface area contributed by atoms with Crippen molar-refractivity contribution in [1.82, 2.24) is 4.98 Å². The number of rotatable bonds is 6. The molecular weight excluding hydrogens is 300 g/mol. The molecule has 1 aromatic rings. The molecule has 0 aliphatic heterocycles. The van der Waals surface area contributed by atoms with Crippen molar-refractivity contribution in [3.63, 3.8) is 0 Å². The number of hydrogen-bond donors (Lipinski definition) is 0. The number of carbonyl (C=O) groups excluding carboxylic acids is 1. The van der Waals surface area contributed by atoms with E-state index in [0.717, 1.165) is 0 Å². The standard InChI is InChI=1S/C9H9ClN2O4S2/c1-6(5-16-9(10)13)17-18-8-3-2-7(4-11-8)12(14)15/h2-4,6H,5H2,1H3. The summed E-state index contributed by atoms with van der Waals surface area (Å²) in [4.78, 5) is 24.2. The molecule has 0 aliphatic carbocycles. The SMILES string of the molecule is CC(COC(=O)Cl)SSc1ccc([N+](=O)[O-])cn1. The van der Waals surface area contributed by atoms with Crippen LogP contribution in [0.5, 0.6) is 0 Å². The lowest BCUT2D eigenvalue weighted by molar-refractivity contribution is -0.385. The van der Waals surface area contributed by atoms with E-state index in [0.29, 0.717) is 5.03 Å². The summed E-state index contributed by atoms with van der Waals surface area (Å²) in [6, 6.07) is 2.95. The van der Waals surface area contributed by atoms with Crippen molar-refractivity contribution in [3.8, 4) is 0 Å². The van der Waals surface area contributed by atoms with Crippen LogP contribution in [0.2, 0.25) is 0 Å². The fourth-order valence-electron chi connectivity index (χ4n) is 0.872. The van der Waals surface area contributed by atoms with Gasteiger partial charge < -0.3 is 4.74 Å². The Hall–Kier alpha value is -0.990. The lowest BCUT2D eigenvalue weighted by atomic mass is 10.4. The predicted octanol–water partition coefficient (Wildman–Crippen LogP) is 3.49. The highest BCUT2D eigenvalue weighted by molar-refractivity contribution is 8.76. The van der Waals surface area contributed by atoms with Crippen molar-refractivity contribution in [2.75, 3.05) is 6.61 Å². The third kappa shape index (κ3) is 5.56. The first-order valence-corrected chi connectivity index (χ1v) is 7.34. The Balaban J connectivity index is 2.39. The maximum Gasteiger partial charge on any atom is 0.403 e. The van der Waals surface area contributed by atoms with Crippen LogP contribution >= 0.6 is 33.2 Å². The largest absolute Gasteiger partial charge is 0.452 e. The van der Waals surface area contributed by atoms with Gasteiger partial charge in [-0.3, -0.25) is 10.1 Å². The molecular formula is C9H9ClN2O4S2. The van der Waals surface area contributed by atoms with Gasteiger partial charge in [-0.25, -0.2) is 9.78 Å². The molecule has 18 heavy (non-hydrogen) atoms. The van der Waals surface area contributed by atoms with E-state index in [1.807, 2.05) is 6.92 Å². The van der Waals surface area contributed by atoms with Crippen LogP contribution in [0.4, 0.5) is 10.5 Å². The summed E-state index contributed by atoms with van der Waals surface area (Å²) in [5.74, 6) is 0. The molecule has 6 nitrogen and oxygen atoms in total. The molecule has 0 saturated heterocycles. The van der Waals surface area contributed by atoms with Crippen LogP contribution in [-0.4, -0.2) is 27.2 Å². The first-order chi connectivity index (χ1) is 8.49. The number of hydrogen-bond acceptors (Lipinski definition) is 7. The Labute approximate surface area is 116 Å².